The lowest BCUT2D eigenvalue weighted by Gasteiger charge is -2.36. The lowest BCUT2D eigenvalue weighted by molar-refractivity contribution is 0.125. The SMILES string of the molecule is O=c1c2ccc(N3CCN(Cc4cnsc4)CC3)cc2ncn1CC(F)F. The van der Waals surface area contributed by atoms with Gasteiger partial charge in [0.05, 0.1) is 23.8 Å². The Bertz CT molecular complexity index is 968. The molecule has 4 rings (SSSR count). The topological polar surface area (TPSA) is 54.3 Å². The Morgan fingerprint density at radius 1 is 1.19 bits per heavy atom. The van der Waals surface area contributed by atoms with Gasteiger partial charge in [-0.2, -0.15) is 0 Å². The molecule has 1 aliphatic rings. The third kappa shape index (κ3) is 3.98. The summed E-state index contributed by atoms with van der Waals surface area (Å²) in [5.41, 5.74) is 2.34. The fraction of sp³-hybridized carbons (Fsp3) is 0.389. The van der Waals surface area contributed by atoms with Crippen molar-refractivity contribution in [1.82, 2.24) is 18.8 Å². The number of anilines is 1. The van der Waals surface area contributed by atoms with E-state index in [1.54, 1.807) is 6.07 Å². The van der Waals surface area contributed by atoms with Gasteiger partial charge in [0, 0.05) is 50.0 Å². The summed E-state index contributed by atoms with van der Waals surface area (Å²) >= 11 is 1.47. The fourth-order valence-corrected chi connectivity index (χ4v) is 3.88. The molecule has 0 atom stereocenters. The molecule has 0 spiro atoms. The maximum atomic E-state index is 12.6. The molecular weight excluding hydrogens is 372 g/mol. The second-order valence-corrected chi connectivity index (χ2v) is 7.25. The standard InChI is InChI=1S/C18H19F2N5OS/c19-17(20)10-25-12-21-16-7-14(1-2-15(16)18(25)26)24-5-3-23(4-6-24)9-13-8-22-27-11-13/h1-2,7-8,11-12,17H,3-6,9-10H2. The van der Waals surface area contributed by atoms with Crippen LogP contribution in [-0.4, -0.2) is 51.4 Å². The zero-order valence-electron chi connectivity index (χ0n) is 14.6. The van der Waals surface area contributed by atoms with Crippen LogP contribution in [0.3, 0.4) is 0 Å². The third-order valence-corrected chi connectivity index (χ3v) is 5.41. The molecule has 142 valence electrons. The van der Waals surface area contributed by atoms with E-state index >= 15 is 0 Å². The van der Waals surface area contributed by atoms with Crippen LogP contribution in [-0.2, 0) is 13.1 Å². The highest BCUT2D eigenvalue weighted by molar-refractivity contribution is 7.03. The number of nitrogens with zero attached hydrogens (tertiary/aromatic N) is 5. The van der Waals surface area contributed by atoms with Gasteiger partial charge < -0.3 is 4.90 Å². The van der Waals surface area contributed by atoms with Crippen LogP contribution >= 0.6 is 11.5 Å². The van der Waals surface area contributed by atoms with Crippen LogP contribution in [0.25, 0.3) is 10.9 Å². The first-order valence-electron chi connectivity index (χ1n) is 8.73. The third-order valence-electron chi connectivity index (χ3n) is 4.77. The summed E-state index contributed by atoms with van der Waals surface area (Å²) in [5.74, 6) is 0. The number of fused-ring (bicyclic) bond motifs is 1. The van der Waals surface area contributed by atoms with Gasteiger partial charge in [-0.1, -0.05) is 0 Å². The number of benzene rings is 1. The van der Waals surface area contributed by atoms with Crippen molar-refractivity contribution in [1.29, 1.82) is 0 Å². The van der Waals surface area contributed by atoms with Gasteiger partial charge in [-0.3, -0.25) is 14.3 Å². The molecule has 0 N–H and O–H groups in total. The first-order chi connectivity index (χ1) is 13.1. The van der Waals surface area contributed by atoms with Crippen LogP contribution in [0.5, 0.6) is 0 Å². The largest absolute Gasteiger partial charge is 0.369 e. The molecule has 3 aromatic rings. The summed E-state index contributed by atoms with van der Waals surface area (Å²) in [6, 6.07) is 5.42. The van der Waals surface area contributed by atoms with E-state index in [2.05, 4.69) is 24.5 Å². The molecule has 3 heterocycles. The van der Waals surface area contributed by atoms with E-state index < -0.39 is 18.5 Å². The van der Waals surface area contributed by atoms with E-state index in [4.69, 9.17) is 0 Å². The first-order valence-corrected chi connectivity index (χ1v) is 9.57. The Hall–Kier alpha value is -2.39. The van der Waals surface area contributed by atoms with Crippen molar-refractivity contribution >= 4 is 28.1 Å². The van der Waals surface area contributed by atoms with Crippen molar-refractivity contribution in [3.05, 3.63) is 52.0 Å². The van der Waals surface area contributed by atoms with Crippen molar-refractivity contribution in [2.75, 3.05) is 31.1 Å². The summed E-state index contributed by atoms with van der Waals surface area (Å²) in [7, 11) is 0. The number of aromatic nitrogens is 3. The van der Waals surface area contributed by atoms with E-state index in [1.807, 2.05) is 18.3 Å². The van der Waals surface area contributed by atoms with Crippen molar-refractivity contribution in [3.63, 3.8) is 0 Å². The van der Waals surface area contributed by atoms with Crippen molar-refractivity contribution in [3.8, 4) is 0 Å². The van der Waals surface area contributed by atoms with Crippen LogP contribution < -0.4 is 10.5 Å². The highest BCUT2D eigenvalue weighted by Gasteiger charge is 2.18. The van der Waals surface area contributed by atoms with E-state index in [0.29, 0.717) is 10.9 Å². The normalized spacial score (nSPS) is 15.7. The zero-order valence-corrected chi connectivity index (χ0v) is 15.4. The lowest BCUT2D eigenvalue weighted by Crippen LogP contribution is -2.45. The van der Waals surface area contributed by atoms with Crippen LogP contribution in [0, 0.1) is 0 Å². The molecule has 1 aromatic carbocycles. The van der Waals surface area contributed by atoms with Crippen LogP contribution in [0.15, 0.2) is 40.9 Å². The molecule has 0 saturated carbocycles. The highest BCUT2D eigenvalue weighted by atomic mass is 32.1. The minimum Gasteiger partial charge on any atom is -0.369 e. The smallest absolute Gasteiger partial charge is 0.261 e. The average Bonchev–Trinajstić information content (AvgIpc) is 3.17. The Balaban J connectivity index is 1.47. The second-order valence-electron chi connectivity index (χ2n) is 6.59. The van der Waals surface area contributed by atoms with Gasteiger partial charge in [0.1, 0.15) is 0 Å². The maximum absolute atomic E-state index is 12.6. The molecule has 6 nitrogen and oxygen atoms in total. The molecule has 1 fully saturated rings. The molecule has 0 bridgehead atoms. The molecule has 0 unspecified atom stereocenters. The van der Waals surface area contributed by atoms with E-state index in [9.17, 15) is 13.6 Å². The van der Waals surface area contributed by atoms with Gasteiger partial charge in [0.25, 0.3) is 12.0 Å². The maximum Gasteiger partial charge on any atom is 0.261 e. The number of alkyl halides is 2. The number of hydrogen-bond acceptors (Lipinski definition) is 6. The second kappa shape index (κ2) is 7.69. The molecule has 1 aliphatic heterocycles. The molecule has 9 heteroatoms. The average molecular weight is 391 g/mol. The minimum atomic E-state index is -2.58. The van der Waals surface area contributed by atoms with Gasteiger partial charge in [0.2, 0.25) is 0 Å². The van der Waals surface area contributed by atoms with Crippen LogP contribution in [0.4, 0.5) is 14.5 Å². The van der Waals surface area contributed by atoms with Crippen molar-refractivity contribution < 1.29 is 8.78 Å². The van der Waals surface area contributed by atoms with Crippen LogP contribution in [0.1, 0.15) is 5.56 Å². The summed E-state index contributed by atoms with van der Waals surface area (Å²) in [4.78, 5) is 21.2. The lowest BCUT2D eigenvalue weighted by atomic mass is 10.2. The van der Waals surface area contributed by atoms with Gasteiger partial charge in [0.15, 0.2) is 0 Å². The fourth-order valence-electron chi connectivity index (χ4n) is 3.35. The van der Waals surface area contributed by atoms with Gasteiger partial charge in [-0.25, -0.2) is 18.1 Å². The summed E-state index contributed by atoms with van der Waals surface area (Å²) in [5, 5.41) is 2.44. The predicted octanol–water partition coefficient (Wildman–Crippen LogP) is 2.44. The first kappa shape index (κ1) is 18.0. The molecule has 0 aliphatic carbocycles. The molecule has 1 saturated heterocycles. The van der Waals surface area contributed by atoms with E-state index in [0.717, 1.165) is 43.0 Å². The van der Waals surface area contributed by atoms with E-state index in [-0.39, 0.29) is 0 Å². The van der Waals surface area contributed by atoms with Crippen LogP contribution in [0.2, 0.25) is 0 Å². The molecule has 2 aromatic heterocycles. The minimum absolute atomic E-state index is 0.366. The summed E-state index contributed by atoms with van der Waals surface area (Å²) in [6.07, 6.45) is 0.530. The van der Waals surface area contributed by atoms with Crippen molar-refractivity contribution in [2.24, 2.45) is 0 Å². The Labute approximate surface area is 158 Å². The molecule has 27 heavy (non-hydrogen) atoms. The van der Waals surface area contributed by atoms with Gasteiger partial charge in [-0.15, -0.1) is 0 Å². The number of halogens is 2. The Kier molecular flexibility index (Phi) is 5.13. The quantitative estimate of drug-likeness (QED) is 0.669. The summed E-state index contributed by atoms with van der Waals surface area (Å²) in [6.45, 7) is 3.92. The molecular formula is C18H19F2N5OS. The highest BCUT2D eigenvalue weighted by Crippen LogP contribution is 2.21. The summed E-state index contributed by atoms with van der Waals surface area (Å²) < 4.78 is 30.2. The predicted molar refractivity (Wildman–Crippen MR) is 102 cm³/mol. The van der Waals surface area contributed by atoms with Gasteiger partial charge in [-0.05, 0) is 35.3 Å². The number of rotatable bonds is 5. The Morgan fingerprint density at radius 3 is 2.70 bits per heavy atom. The number of piperazine rings is 1. The van der Waals surface area contributed by atoms with Crippen molar-refractivity contribution in [2.45, 2.75) is 19.5 Å². The van der Waals surface area contributed by atoms with Gasteiger partial charge >= 0.3 is 0 Å². The monoisotopic (exact) mass is 391 g/mol. The Morgan fingerprint density at radius 2 is 2.00 bits per heavy atom. The zero-order chi connectivity index (χ0) is 18.8. The number of hydrogen-bond donors (Lipinski definition) is 0. The van der Waals surface area contributed by atoms with E-state index in [1.165, 1.54) is 23.4 Å². The molecule has 0 radical (unpaired) electrons. The molecule has 0 amide bonds.